The molecule has 0 fully saturated rings. The molecule has 0 heterocycles. The van der Waals surface area contributed by atoms with E-state index in [2.05, 4.69) is 0 Å². The summed E-state index contributed by atoms with van der Waals surface area (Å²) in [6.07, 6.45) is 0. The molecule has 0 aliphatic heterocycles. The van der Waals surface area contributed by atoms with E-state index in [1.54, 1.807) is 18.2 Å². The zero-order valence-electron chi connectivity index (χ0n) is 9.70. The van der Waals surface area contributed by atoms with Gasteiger partial charge in [-0.3, -0.25) is 0 Å². The topological polar surface area (TPSA) is 35.2 Å². The summed E-state index contributed by atoms with van der Waals surface area (Å²) in [7, 11) is 0. The zero-order chi connectivity index (χ0) is 13.0. The Kier molecular flexibility index (Phi) is 3.89. The zero-order valence-corrected chi connectivity index (χ0v) is 9.70. The monoisotopic (exact) mass is 249 g/mol. The Morgan fingerprint density at radius 1 is 0.944 bits per heavy atom. The van der Waals surface area contributed by atoms with Crippen LogP contribution in [0.15, 0.2) is 42.5 Å². The number of ether oxygens (including phenoxy) is 1. The summed E-state index contributed by atoms with van der Waals surface area (Å²) < 4.78 is 31.5. The van der Waals surface area contributed by atoms with Crippen molar-refractivity contribution in [3.05, 3.63) is 65.2 Å². The van der Waals surface area contributed by atoms with E-state index in [1.807, 2.05) is 0 Å². The van der Waals surface area contributed by atoms with Gasteiger partial charge in [-0.2, -0.15) is 0 Å². The molecule has 18 heavy (non-hydrogen) atoms. The Hall–Kier alpha value is -1.94. The van der Waals surface area contributed by atoms with E-state index in [0.717, 1.165) is 0 Å². The molecule has 2 nitrogen and oxygen atoms in total. The molecule has 0 saturated heterocycles. The first-order chi connectivity index (χ1) is 8.67. The molecular formula is C14H13F2NO. The second-order valence-electron chi connectivity index (χ2n) is 3.92. The molecular weight excluding hydrogens is 236 g/mol. The molecule has 0 unspecified atom stereocenters. The average molecular weight is 249 g/mol. The highest BCUT2D eigenvalue weighted by atomic mass is 19.1. The van der Waals surface area contributed by atoms with Crippen LogP contribution >= 0.6 is 0 Å². The Balaban J connectivity index is 2.08. The summed E-state index contributed by atoms with van der Waals surface area (Å²) in [4.78, 5) is 0. The highest BCUT2D eigenvalue weighted by Crippen LogP contribution is 2.15. The second kappa shape index (κ2) is 5.60. The molecule has 2 N–H and O–H groups in total. The number of hydrogen-bond donors (Lipinski definition) is 1. The molecule has 0 spiro atoms. The van der Waals surface area contributed by atoms with E-state index < -0.39 is 0 Å². The normalized spacial score (nSPS) is 10.4. The second-order valence-corrected chi connectivity index (χ2v) is 3.92. The first kappa shape index (κ1) is 12.5. The number of benzene rings is 2. The van der Waals surface area contributed by atoms with Crippen molar-refractivity contribution in [3.8, 4) is 5.75 Å². The molecule has 0 aromatic heterocycles. The molecule has 0 atom stereocenters. The van der Waals surface area contributed by atoms with Crippen LogP contribution in [0.5, 0.6) is 5.75 Å². The summed E-state index contributed by atoms with van der Waals surface area (Å²) in [5, 5.41) is 0. The number of rotatable bonds is 4. The SMILES string of the molecule is NCc1cc(F)cc(COc2cccc(F)c2)c1. The van der Waals surface area contributed by atoms with Crippen molar-refractivity contribution >= 4 is 0 Å². The lowest BCUT2D eigenvalue weighted by Gasteiger charge is -2.08. The van der Waals surface area contributed by atoms with Crippen LogP contribution < -0.4 is 10.5 Å². The lowest BCUT2D eigenvalue weighted by molar-refractivity contribution is 0.304. The van der Waals surface area contributed by atoms with Crippen molar-refractivity contribution in [2.24, 2.45) is 5.73 Å². The molecule has 2 rings (SSSR count). The van der Waals surface area contributed by atoms with Gasteiger partial charge in [-0.05, 0) is 35.4 Å². The van der Waals surface area contributed by atoms with Gasteiger partial charge in [-0.1, -0.05) is 12.1 Å². The maximum atomic E-state index is 13.2. The third-order valence-electron chi connectivity index (χ3n) is 2.45. The molecule has 0 radical (unpaired) electrons. The van der Waals surface area contributed by atoms with Gasteiger partial charge in [0.2, 0.25) is 0 Å². The summed E-state index contributed by atoms with van der Waals surface area (Å²) in [6.45, 7) is 0.443. The van der Waals surface area contributed by atoms with E-state index in [9.17, 15) is 8.78 Å². The molecule has 4 heteroatoms. The third kappa shape index (κ3) is 3.28. The van der Waals surface area contributed by atoms with E-state index in [4.69, 9.17) is 10.5 Å². The lowest BCUT2D eigenvalue weighted by Crippen LogP contribution is -2.01. The number of hydrogen-bond acceptors (Lipinski definition) is 2. The van der Waals surface area contributed by atoms with Gasteiger partial charge >= 0.3 is 0 Å². The molecule has 0 bridgehead atoms. The highest BCUT2D eigenvalue weighted by Gasteiger charge is 2.02. The van der Waals surface area contributed by atoms with E-state index in [1.165, 1.54) is 24.3 Å². The average Bonchev–Trinajstić information content (AvgIpc) is 2.36. The molecule has 0 aliphatic carbocycles. The van der Waals surface area contributed by atoms with Crippen molar-refractivity contribution in [2.75, 3.05) is 0 Å². The van der Waals surface area contributed by atoms with Crippen LogP contribution in [-0.4, -0.2) is 0 Å². The number of nitrogens with two attached hydrogens (primary N) is 1. The van der Waals surface area contributed by atoms with Crippen LogP contribution in [0.3, 0.4) is 0 Å². The Bertz CT molecular complexity index is 543. The van der Waals surface area contributed by atoms with Crippen molar-refractivity contribution in [2.45, 2.75) is 13.2 Å². The molecule has 2 aromatic carbocycles. The van der Waals surface area contributed by atoms with E-state index >= 15 is 0 Å². The number of halogens is 2. The molecule has 0 aliphatic rings. The predicted molar refractivity (Wildman–Crippen MR) is 65.0 cm³/mol. The smallest absolute Gasteiger partial charge is 0.126 e. The van der Waals surface area contributed by atoms with Crippen LogP contribution in [-0.2, 0) is 13.2 Å². The fourth-order valence-corrected chi connectivity index (χ4v) is 1.64. The van der Waals surface area contributed by atoms with Gasteiger partial charge in [-0.25, -0.2) is 8.78 Å². The van der Waals surface area contributed by atoms with Crippen LogP contribution in [0.2, 0.25) is 0 Å². The van der Waals surface area contributed by atoms with Crippen molar-refractivity contribution < 1.29 is 13.5 Å². The van der Waals surface area contributed by atoms with Gasteiger partial charge in [-0.15, -0.1) is 0 Å². The van der Waals surface area contributed by atoms with Crippen LogP contribution in [0.1, 0.15) is 11.1 Å². The molecule has 94 valence electrons. The van der Waals surface area contributed by atoms with E-state index in [0.29, 0.717) is 16.9 Å². The largest absolute Gasteiger partial charge is 0.489 e. The Morgan fingerprint density at radius 2 is 1.72 bits per heavy atom. The standard InChI is InChI=1S/C14H13F2NO/c15-12-2-1-3-14(7-12)18-9-11-4-10(8-17)5-13(16)6-11/h1-7H,8-9,17H2. The van der Waals surface area contributed by atoms with Gasteiger partial charge in [0.25, 0.3) is 0 Å². The Labute approximate surface area is 104 Å². The van der Waals surface area contributed by atoms with Crippen LogP contribution in [0.4, 0.5) is 8.78 Å². The predicted octanol–water partition coefficient (Wildman–Crippen LogP) is 3.00. The van der Waals surface area contributed by atoms with Gasteiger partial charge in [0.15, 0.2) is 0 Å². The first-order valence-corrected chi connectivity index (χ1v) is 5.54. The van der Waals surface area contributed by atoms with Gasteiger partial charge < -0.3 is 10.5 Å². The maximum absolute atomic E-state index is 13.2. The minimum atomic E-state index is -0.366. The summed E-state index contributed by atoms with van der Waals surface area (Å²) in [6, 6.07) is 10.3. The van der Waals surface area contributed by atoms with Gasteiger partial charge in [0, 0.05) is 12.6 Å². The fourth-order valence-electron chi connectivity index (χ4n) is 1.64. The van der Waals surface area contributed by atoms with Crippen molar-refractivity contribution in [1.82, 2.24) is 0 Å². The highest BCUT2D eigenvalue weighted by molar-refractivity contribution is 5.26. The summed E-state index contributed by atoms with van der Waals surface area (Å²) in [5.74, 6) is -0.307. The lowest BCUT2D eigenvalue weighted by atomic mass is 10.1. The summed E-state index contributed by atoms with van der Waals surface area (Å²) >= 11 is 0. The third-order valence-corrected chi connectivity index (χ3v) is 2.45. The van der Waals surface area contributed by atoms with Gasteiger partial charge in [0.1, 0.15) is 24.0 Å². The molecule has 2 aromatic rings. The minimum Gasteiger partial charge on any atom is -0.489 e. The minimum absolute atomic E-state index is 0.175. The molecule has 0 saturated carbocycles. The molecule has 0 amide bonds. The van der Waals surface area contributed by atoms with Crippen LogP contribution in [0, 0.1) is 11.6 Å². The fraction of sp³-hybridized carbons (Fsp3) is 0.143. The van der Waals surface area contributed by atoms with Crippen LogP contribution in [0.25, 0.3) is 0 Å². The first-order valence-electron chi connectivity index (χ1n) is 5.54. The maximum Gasteiger partial charge on any atom is 0.126 e. The quantitative estimate of drug-likeness (QED) is 0.904. The Morgan fingerprint density at radius 3 is 2.44 bits per heavy atom. The van der Waals surface area contributed by atoms with Crippen molar-refractivity contribution in [3.63, 3.8) is 0 Å². The van der Waals surface area contributed by atoms with Gasteiger partial charge in [0.05, 0.1) is 0 Å². The van der Waals surface area contributed by atoms with Crippen molar-refractivity contribution in [1.29, 1.82) is 0 Å². The summed E-state index contributed by atoms with van der Waals surface area (Å²) in [5.41, 5.74) is 6.83. The van der Waals surface area contributed by atoms with E-state index in [-0.39, 0.29) is 24.8 Å².